The van der Waals surface area contributed by atoms with Gasteiger partial charge in [-0.15, -0.1) is 11.3 Å². The highest BCUT2D eigenvalue weighted by molar-refractivity contribution is 9.10. The number of halogens is 1. The summed E-state index contributed by atoms with van der Waals surface area (Å²) >= 11 is 5.32. The van der Waals surface area contributed by atoms with Gasteiger partial charge in [0.1, 0.15) is 0 Å². The molecule has 1 fully saturated rings. The molecule has 0 spiro atoms. The van der Waals surface area contributed by atoms with Crippen LogP contribution >= 0.6 is 27.3 Å². The summed E-state index contributed by atoms with van der Waals surface area (Å²) in [5, 5.41) is 29.4. The molecule has 1 saturated carbocycles. The molecule has 1 aromatic heterocycles. The van der Waals surface area contributed by atoms with Gasteiger partial charge in [0.25, 0.3) is 0 Å². The van der Waals surface area contributed by atoms with Crippen molar-refractivity contribution < 1.29 is 15.3 Å². The summed E-state index contributed by atoms with van der Waals surface area (Å²) in [6, 6.07) is 2.15. The Hall–Kier alpha value is -0.460. The fourth-order valence-corrected chi connectivity index (χ4v) is 5.31. The number of aryl methyl sites for hydroxylation is 2. The molecule has 1 heterocycles. The maximum atomic E-state index is 10.3. The van der Waals surface area contributed by atoms with Crippen LogP contribution in [0.4, 0.5) is 0 Å². The van der Waals surface area contributed by atoms with Crippen LogP contribution in [0.25, 0.3) is 0 Å². The van der Waals surface area contributed by atoms with Crippen molar-refractivity contribution in [2.45, 2.75) is 70.5 Å². The fraction of sp³-hybridized carbons (Fsp3) is 0.636. The molecule has 152 valence electrons. The SMILES string of the molecule is Cc1sc(CC[C@H](O)/C=C/[C@H]2CCC(O)[C@@H]2C/C=C\CCCCO)cc1Br. The molecule has 1 unspecified atom stereocenters. The molecule has 0 aromatic carbocycles. The van der Waals surface area contributed by atoms with Crippen molar-refractivity contribution in [3.05, 3.63) is 44.6 Å². The van der Waals surface area contributed by atoms with Gasteiger partial charge >= 0.3 is 0 Å². The van der Waals surface area contributed by atoms with Crippen molar-refractivity contribution in [1.82, 2.24) is 0 Å². The lowest BCUT2D eigenvalue weighted by atomic mass is 9.90. The van der Waals surface area contributed by atoms with E-state index in [1.54, 1.807) is 11.3 Å². The summed E-state index contributed by atoms with van der Waals surface area (Å²) in [5.41, 5.74) is 0. The first kappa shape index (κ1) is 22.8. The predicted molar refractivity (Wildman–Crippen MR) is 117 cm³/mol. The first-order chi connectivity index (χ1) is 13.0. The van der Waals surface area contributed by atoms with Gasteiger partial charge in [0.15, 0.2) is 0 Å². The molecular formula is C22H33BrO3S. The highest BCUT2D eigenvalue weighted by Crippen LogP contribution is 2.36. The van der Waals surface area contributed by atoms with Crippen molar-refractivity contribution in [2.75, 3.05) is 6.61 Å². The van der Waals surface area contributed by atoms with E-state index in [1.165, 1.54) is 9.75 Å². The van der Waals surface area contributed by atoms with Gasteiger partial charge in [-0.1, -0.05) is 24.3 Å². The summed E-state index contributed by atoms with van der Waals surface area (Å²) in [6.45, 7) is 2.36. The Morgan fingerprint density at radius 3 is 2.81 bits per heavy atom. The van der Waals surface area contributed by atoms with E-state index in [4.69, 9.17) is 5.11 Å². The van der Waals surface area contributed by atoms with Gasteiger partial charge in [-0.25, -0.2) is 0 Å². The number of aliphatic hydroxyl groups is 3. The minimum Gasteiger partial charge on any atom is -0.396 e. The first-order valence-corrected chi connectivity index (χ1v) is 11.7. The summed E-state index contributed by atoms with van der Waals surface area (Å²) in [5.74, 6) is 0.591. The molecule has 4 atom stereocenters. The number of hydrogen-bond acceptors (Lipinski definition) is 4. The first-order valence-electron chi connectivity index (χ1n) is 10.1. The quantitative estimate of drug-likeness (QED) is 0.318. The predicted octanol–water partition coefficient (Wildman–Crippen LogP) is 5.16. The van der Waals surface area contributed by atoms with Gasteiger partial charge in [0.2, 0.25) is 0 Å². The number of unbranched alkanes of at least 4 members (excludes halogenated alkanes) is 2. The summed E-state index contributed by atoms with van der Waals surface area (Å²) in [6.07, 6.45) is 14.9. The number of aliphatic hydroxyl groups excluding tert-OH is 3. The zero-order chi connectivity index (χ0) is 19.6. The summed E-state index contributed by atoms with van der Waals surface area (Å²) in [4.78, 5) is 2.58. The number of thiophene rings is 1. The second kappa shape index (κ2) is 12.2. The largest absolute Gasteiger partial charge is 0.396 e. The zero-order valence-corrected chi connectivity index (χ0v) is 18.6. The molecule has 0 amide bonds. The molecule has 0 saturated heterocycles. The smallest absolute Gasteiger partial charge is 0.0724 e. The van der Waals surface area contributed by atoms with Crippen LogP contribution in [0, 0.1) is 18.8 Å². The van der Waals surface area contributed by atoms with Gasteiger partial charge in [0.05, 0.1) is 12.2 Å². The monoisotopic (exact) mass is 456 g/mol. The van der Waals surface area contributed by atoms with E-state index in [-0.39, 0.29) is 18.6 Å². The lowest BCUT2D eigenvalue weighted by Gasteiger charge is -2.18. The third-order valence-electron chi connectivity index (χ3n) is 5.37. The van der Waals surface area contributed by atoms with E-state index in [2.05, 4.69) is 47.1 Å². The average Bonchev–Trinajstić information content (AvgIpc) is 3.16. The molecule has 3 nitrogen and oxygen atoms in total. The maximum absolute atomic E-state index is 10.3. The number of rotatable bonds is 11. The van der Waals surface area contributed by atoms with Crippen LogP contribution < -0.4 is 0 Å². The van der Waals surface area contributed by atoms with Gasteiger partial charge < -0.3 is 15.3 Å². The molecule has 3 N–H and O–H groups in total. The summed E-state index contributed by atoms with van der Waals surface area (Å²) in [7, 11) is 0. The van der Waals surface area contributed by atoms with Crippen LogP contribution in [0.2, 0.25) is 0 Å². The molecule has 0 bridgehead atoms. The van der Waals surface area contributed by atoms with Gasteiger partial charge in [0, 0.05) is 20.8 Å². The van der Waals surface area contributed by atoms with Crippen molar-refractivity contribution in [3.8, 4) is 0 Å². The topological polar surface area (TPSA) is 60.7 Å². The van der Waals surface area contributed by atoms with E-state index in [0.717, 1.165) is 55.8 Å². The average molecular weight is 457 g/mol. The minimum absolute atomic E-state index is 0.245. The van der Waals surface area contributed by atoms with E-state index in [0.29, 0.717) is 5.92 Å². The molecule has 1 aliphatic rings. The van der Waals surface area contributed by atoms with Crippen LogP contribution in [0.15, 0.2) is 34.8 Å². The molecular weight excluding hydrogens is 424 g/mol. The number of hydrogen-bond donors (Lipinski definition) is 3. The number of allylic oxidation sites excluding steroid dienone is 3. The van der Waals surface area contributed by atoms with Gasteiger partial charge in [-0.2, -0.15) is 0 Å². The van der Waals surface area contributed by atoms with Gasteiger partial charge in [-0.05, 0) is 92.1 Å². The standard InChI is InChI=1S/C22H33BrO3S/c1-16-21(23)15-19(27-16)12-11-18(25)10-8-17-9-13-22(26)20(17)7-5-3-2-4-6-14-24/h3,5,8,10,15,17-18,20,22,24-26H,2,4,6-7,9,11-14H2,1H3/b5-3-,10-8+/t17-,18+,20+,22?/m0/s1. The van der Waals surface area contributed by atoms with Crippen LogP contribution in [-0.2, 0) is 6.42 Å². The molecule has 27 heavy (non-hydrogen) atoms. The Kier molecular flexibility index (Phi) is 10.3. The highest BCUT2D eigenvalue weighted by Gasteiger charge is 2.32. The molecule has 0 radical (unpaired) electrons. The van der Waals surface area contributed by atoms with Gasteiger partial charge in [-0.3, -0.25) is 0 Å². The lowest BCUT2D eigenvalue weighted by Crippen LogP contribution is -2.17. The van der Waals surface area contributed by atoms with E-state index >= 15 is 0 Å². The van der Waals surface area contributed by atoms with Crippen molar-refractivity contribution in [1.29, 1.82) is 0 Å². The van der Waals surface area contributed by atoms with Crippen LogP contribution in [-0.4, -0.2) is 34.1 Å². The zero-order valence-electron chi connectivity index (χ0n) is 16.2. The Balaban J connectivity index is 1.77. The maximum Gasteiger partial charge on any atom is 0.0724 e. The Morgan fingerprint density at radius 1 is 1.30 bits per heavy atom. The third-order valence-corrected chi connectivity index (χ3v) is 7.57. The normalized spacial score (nSPS) is 24.4. The highest BCUT2D eigenvalue weighted by atomic mass is 79.9. The van der Waals surface area contributed by atoms with Crippen LogP contribution in [0.5, 0.6) is 0 Å². The van der Waals surface area contributed by atoms with E-state index in [1.807, 2.05) is 6.08 Å². The van der Waals surface area contributed by atoms with Crippen molar-refractivity contribution in [3.63, 3.8) is 0 Å². The Bertz CT molecular complexity index is 591. The van der Waals surface area contributed by atoms with Crippen LogP contribution in [0.3, 0.4) is 0 Å². The Morgan fingerprint density at radius 2 is 2.11 bits per heavy atom. The second-order valence-corrected chi connectivity index (χ2v) is 9.70. The Labute approximate surface area is 176 Å². The van der Waals surface area contributed by atoms with Crippen molar-refractivity contribution >= 4 is 27.3 Å². The lowest BCUT2D eigenvalue weighted by molar-refractivity contribution is 0.125. The summed E-state index contributed by atoms with van der Waals surface area (Å²) < 4.78 is 1.15. The van der Waals surface area contributed by atoms with E-state index in [9.17, 15) is 10.2 Å². The molecule has 1 aliphatic carbocycles. The molecule has 0 aliphatic heterocycles. The van der Waals surface area contributed by atoms with Crippen molar-refractivity contribution in [2.24, 2.45) is 11.8 Å². The third kappa shape index (κ3) is 7.82. The fourth-order valence-electron chi connectivity index (χ4n) is 3.69. The molecule has 5 heteroatoms. The second-order valence-electron chi connectivity index (χ2n) is 7.51. The molecule has 2 rings (SSSR count). The molecule has 1 aromatic rings. The minimum atomic E-state index is -0.432. The van der Waals surface area contributed by atoms with E-state index < -0.39 is 6.10 Å². The van der Waals surface area contributed by atoms with Crippen LogP contribution in [0.1, 0.15) is 54.7 Å².